The highest BCUT2D eigenvalue weighted by atomic mass is 35.5. The Morgan fingerprint density at radius 2 is 2.18 bits per heavy atom. The summed E-state index contributed by atoms with van der Waals surface area (Å²) in [6.07, 6.45) is 1.74. The first-order valence-corrected chi connectivity index (χ1v) is 5.93. The van der Waals surface area contributed by atoms with Crippen LogP contribution in [-0.4, -0.2) is 24.6 Å². The Hall–Kier alpha value is -1.48. The summed E-state index contributed by atoms with van der Waals surface area (Å²) in [6, 6.07) is 9.72. The molecule has 0 aliphatic heterocycles. The Kier molecular flexibility index (Phi) is 6.18. The summed E-state index contributed by atoms with van der Waals surface area (Å²) < 4.78 is 4.83. The van der Waals surface area contributed by atoms with Crippen LogP contribution in [0.3, 0.4) is 0 Å². The molecule has 0 saturated heterocycles. The first kappa shape index (κ1) is 13.6. The van der Waals surface area contributed by atoms with Gasteiger partial charge in [-0.05, 0) is 12.0 Å². The second-order valence-corrected chi connectivity index (χ2v) is 3.88. The lowest BCUT2D eigenvalue weighted by Gasteiger charge is -2.15. The van der Waals surface area contributed by atoms with E-state index in [1.54, 1.807) is 0 Å². The van der Waals surface area contributed by atoms with Crippen molar-refractivity contribution in [3.8, 4) is 0 Å². The van der Waals surface area contributed by atoms with Crippen molar-refractivity contribution in [1.82, 2.24) is 5.32 Å². The topological polar surface area (TPSA) is 38.3 Å². The molecule has 0 fully saturated rings. The number of amides is 1. The van der Waals surface area contributed by atoms with Crippen LogP contribution in [-0.2, 0) is 11.2 Å². The zero-order valence-corrected chi connectivity index (χ0v) is 10.3. The van der Waals surface area contributed by atoms with Gasteiger partial charge in [-0.1, -0.05) is 43.0 Å². The van der Waals surface area contributed by atoms with E-state index in [-0.39, 0.29) is 12.6 Å². The normalized spacial score (nSPS) is 11.6. The molecule has 0 aliphatic carbocycles. The molecule has 0 heterocycles. The summed E-state index contributed by atoms with van der Waals surface area (Å²) in [7, 11) is 0. The second kappa shape index (κ2) is 7.74. The lowest BCUT2D eigenvalue weighted by Crippen LogP contribution is -2.38. The number of hydrogen-bond donors (Lipinski definition) is 1. The lowest BCUT2D eigenvalue weighted by molar-refractivity contribution is 0.155. The number of nitrogens with one attached hydrogen (secondary N) is 1. The van der Waals surface area contributed by atoms with Gasteiger partial charge in [0.2, 0.25) is 0 Å². The first-order chi connectivity index (χ1) is 8.26. The van der Waals surface area contributed by atoms with Gasteiger partial charge < -0.3 is 10.1 Å². The highest BCUT2D eigenvalue weighted by Crippen LogP contribution is 2.04. The maximum absolute atomic E-state index is 11.3. The van der Waals surface area contributed by atoms with Crippen molar-refractivity contribution in [2.75, 3.05) is 12.5 Å². The smallest absolute Gasteiger partial charge is 0.407 e. The van der Waals surface area contributed by atoms with Crippen LogP contribution in [0.5, 0.6) is 0 Å². The van der Waals surface area contributed by atoms with Crippen LogP contribution in [0.25, 0.3) is 0 Å². The van der Waals surface area contributed by atoms with E-state index < -0.39 is 6.09 Å². The predicted octanol–water partition coefficient (Wildman–Crippen LogP) is 2.75. The zero-order chi connectivity index (χ0) is 12.5. The lowest BCUT2D eigenvalue weighted by atomic mass is 10.1. The third-order valence-electron chi connectivity index (χ3n) is 2.17. The summed E-state index contributed by atoms with van der Waals surface area (Å²) >= 11 is 5.81. The molecule has 1 amide bonds. The minimum atomic E-state index is -0.466. The number of carbonyl (C=O) groups excluding carboxylic acids is 1. The average molecular weight is 254 g/mol. The molecule has 0 aromatic heterocycles. The molecule has 92 valence electrons. The maximum atomic E-state index is 11.3. The highest BCUT2D eigenvalue weighted by molar-refractivity contribution is 6.18. The van der Waals surface area contributed by atoms with Crippen LogP contribution in [0.4, 0.5) is 4.79 Å². The average Bonchev–Trinajstić information content (AvgIpc) is 2.36. The van der Waals surface area contributed by atoms with E-state index in [9.17, 15) is 4.79 Å². The molecular formula is C13H16ClNO2. The number of alkyl halides is 1. The molecule has 0 aliphatic rings. The molecule has 4 heteroatoms. The molecule has 1 rings (SSSR count). The van der Waals surface area contributed by atoms with Crippen LogP contribution < -0.4 is 5.32 Å². The van der Waals surface area contributed by atoms with Gasteiger partial charge in [-0.25, -0.2) is 4.79 Å². The molecule has 0 unspecified atom stereocenters. The Morgan fingerprint density at radius 3 is 2.76 bits per heavy atom. The molecule has 1 aromatic rings. The van der Waals surface area contributed by atoms with Crippen molar-refractivity contribution in [2.45, 2.75) is 12.5 Å². The predicted molar refractivity (Wildman–Crippen MR) is 69.3 cm³/mol. The van der Waals surface area contributed by atoms with Crippen molar-refractivity contribution < 1.29 is 9.53 Å². The first-order valence-electron chi connectivity index (χ1n) is 5.40. The van der Waals surface area contributed by atoms with E-state index in [2.05, 4.69) is 11.9 Å². The standard InChI is InChI=1S/C13H16ClNO2/c1-2-8-17-13(16)15-12(10-14)9-11-6-4-3-5-7-11/h2-7,12H,1,8-10H2,(H,15,16)/t12-/m0/s1. The van der Waals surface area contributed by atoms with E-state index in [1.165, 1.54) is 6.08 Å². The molecule has 1 N–H and O–H groups in total. The van der Waals surface area contributed by atoms with Crippen molar-refractivity contribution in [3.63, 3.8) is 0 Å². The van der Waals surface area contributed by atoms with Gasteiger partial charge in [0.05, 0.1) is 0 Å². The number of alkyl carbamates (subject to hydrolysis) is 1. The second-order valence-electron chi connectivity index (χ2n) is 3.57. The van der Waals surface area contributed by atoms with Gasteiger partial charge in [-0.15, -0.1) is 11.6 Å². The fourth-order valence-electron chi connectivity index (χ4n) is 1.39. The van der Waals surface area contributed by atoms with Gasteiger partial charge in [-0.2, -0.15) is 0 Å². The number of carbonyl (C=O) groups is 1. The van der Waals surface area contributed by atoms with Crippen LogP contribution in [0, 0.1) is 0 Å². The molecule has 1 aromatic carbocycles. The summed E-state index contributed by atoms with van der Waals surface area (Å²) in [6.45, 7) is 3.67. The number of benzene rings is 1. The fraction of sp³-hybridized carbons (Fsp3) is 0.308. The van der Waals surface area contributed by atoms with E-state index in [4.69, 9.17) is 16.3 Å². The largest absolute Gasteiger partial charge is 0.445 e. The number of ether oxygens (including phenoxy) is 1. The monoisotopic (exact) mass is 253 g/mol. The Labute approximate surface area is 106 Å². The van der Waals surface area contributed by atoms with Crippen molar-refractivity contribution >= 4 is 17.7 Å². The minimum absolute atomic E-state index is 0.128. The summed E-state index contributed by atoms with van der Waals surface area (Å²) in [4.78, 5) is 11.3. The summed E-state index contributed by atoms with van der Waals surface area (Å²) in [5, 5.41) is 2.71. The van der Waals surface area contributed by atoms with Crippen molar-refractivity contribution in [3.05, 3.63) is 48.6 Å². The molecule has 0 spiro atoms. The number of halogens is 1. The summed E-state index contributed by atoms with van der Waals surface area (Å²) in [5.74, 6) is 0.345. The third kappa shape index (κ3) is 5.41. The Bertz CT molecular complexity index is 354. The van der Waals surface area contributed by atoms with Gasteiger partial charge in [0.1, 0.15) is 6.61 Å². The van der Waals surface area contributed by atoms with Gasteiger partial charge in [0.25, 0.3) is 0 Å². The van der Waals surface area contributed by atoms with Crippen molar-refractivity contribution in [1.29, 1.82) is 0 Å². The van der Waals surface area contributed by atoms with Crippen LogP contribution in [0.2, 0.25) is 0 Å². The van der Waals surface area contributed by atoms with Crippen LogP contribution >= 0.6 is 11.6 Å². The van der Waals surface area contributed by atoms with Crippen molar-refractivity contribution in [2.24, 2.45) is 0 Å². The molecule has 0 saturated carbocycles. The van der Waals surface area contributed by atoms with E-state index in [0.29, 0.717) is 12.3 Å². The van der Waals surface area contributed by atoms with Gasteiger partial charge >= 0.3 is 6.09 Å². The van der Waals surface area contributed by atoms with E-state index in [1.807, 2.05) is 30.3 Å². The number of rotatable bonds is 6. The minimum Gasteiger partial charge on any atom is -0.445 e. The Morgan fingerprint density at radius 1 is 1.47 bits per heavy atom. The molecule has 3 nitrogen and oxygen atoms in total. The quantitative estimate of drug-likeness (QED) is 0.625. The molecule has 1 atom stereocenters. The SMILES string of the molecule is C=CCOC(=O)N[C@H](CCl)Cc1ccccc1. The van der Waals surface area contributed by atoms with E-state index >= 15 is 0 Å². The van der Waals surface area contributed by atoms with Gasteiger partial charge in [0.15, 0.2) is 0 Å². The number of hydrogen-bond acceptors (Lipinski definition) is 2. The van der Waals surface area contributed by atoms with Crippen LogP contribution in [0.1, 0.15) is 5.56 Å². The third-order valence-corrected chi connectivity index (χ3v) is 2.54. The molecule has 0 radical (unpaired) electrons. The molecule has 17 heavy (non-hydrogen) atoms. The highest BCUT2D eigenvalue weighted by Gasteiger charge is 2.12. The fourth-order valence-corrected chi connectivity index (χ4v) is 1.57. The zero-order valence-electron chi connectivity index (χ0n) is 9.56. The maximum Gasteiger partial charge on any atom is 0.407 e. The van der Waals surface area contributed by atoms with E-state index in [0.717, 1.165) is 5.56 Å². The van der Waals surface area contributed by atoms with Gasteiger partial charge in [0, 0.05) is 11.9 Å². The van der Waals surface area contributed by atoms with Gasteiger partial charge in [-0.3, -0.25) is 0 Å². The summed E-state index contributed by atoms with van der Waals surface area (Å²) in [5.41, 5.74) is 1.13. The van der Waals surface area contributed by atoms with Crippen LogP contribution in [0.15, 0.2) is 43.0 Å². The molecular weight excluding hydrogens is 238 g/mol. The molecule has 0 bridgehead atoms. The Balaban J connectivity index is 2.43.